The fraction of sp³-hybridized carbons (Fsp3) is 0.667. The van der Waals surface area contributed by atoms with Crippen molar-refractivity contribution in [3.8, 4) is 0 Å². The van der Waals surface area contributed by atoms with Crippen molar-refractivity contribution in [2.24, 2.45) is 0 Å². The zero-order chi connectivity index (χ0) is 13.2. The molecule has 4 nitrogen and oxygen atoms in total. The number of fused-ring (bicyclic) bond motifs is 1. The normalized spacial score (nSPS) is 29.1. The summed E-state index contributed by atoms with van der Waals surface area (Å²) in [6.07, 6.45) is 5.93. The van der Waals surface area contributed by atoms with E-state index in [4.69, 9.17) is 5.73 Å². The van der Waals surface area contributed by atoms with Crippen LogP contribution in [0.4, 0.5) is 5.69 Å². The molecule has 0 saturated carbocycles. The summed E-state index contributed by atoms with van der Waals surface area (Å²) in [5.74, 6) is 0. The third kappa shape index (κ3) is 2.90. The molecule has 1 aromatic rings. The molecule has 2 atom stereocenters. The van der Waals surface area contributed by atoms with Crippen molar-refractivity contribution in [3.63, 3.8) is 0 Å². The Morgan fingerprint density at radius 3 is 3.11 bits per heavy atom. The highest BCUT2D eigenvalue weighted by molar-refractivity contribution is 5.37. The van der Waals surface area contributed by atoms with Gasteiger partial charge in [-0.3, -0.25) is 14.8 Å². The van der Waals surface area contributed by atoms with Crippen LogP contribution < -0.4 is 5.73 Å². The summed E-state index contributed by atoms with van der Waals surface area (Å²) in [6, 6.07) is 5.22. The van der Waals surface area contributed by atoms with Crippen LogP contribution in [0.2, 0.25) is 0 Å². The van der Waals surface area contributed by atoms with Gasteiger partial charge in [0.15, 0.2) is 0 Å². The number of rotatable bonds is 2. The van der Waals surface area contributed by atoms with Gasteiger partial charge in [0.25, 0.3) is 0 Å². The van der Waals surface area contributed by atoms with Gasteiger partial charge in [0.1, 0.15) is 0 Å². The van der Waals surface area contributed by atoms with E-state index in [0.29, 0.717) is 6.04 Å². The average molecular weight is 260 g/mol. The third-order valence-corrected chi connectivity index (χ3v) is 4.52. The maximum Gasteiger partial charge on any atom is 0.0564 e. The Kier molecular flexibility index (Phi) is 3.71. The van der Waals surface area contributed by atoms with Crippen LogP contribution in [-0.4, -0.2) is 46.5 Å². The number of piperazine rings is 1. The molecule has 2 aliphatic rings. The van der Waals surface area contributed by atoms with E-state index < -0.39 is 0 Å². The Bertz CT molecular complexity index is 434. The van der Waals surface area contributed by atoms with Crippen LogP contribution in [0.3, 0.4) is 0 Å². The first-order chi connectivity index (χ1) is 9.22. The Morgan fingerprint density at radius 2 is 2.26 bits per heavy atom. The molecule has 3 rings (SSSR count). The maximum atomic E-state index is 5.84. The second kappa shape index (κ2) is 5.47. The minimum absolute atomic E-state index is 0.609. The van der Waals surface area contributed by atoms with E-state index in [-0.39, 0.29) is 0 Å². The zero-order valence-corrected chi connectivity index (χ0v) is 11.8. The number of nitrogen functional groups attached to an aromatic ring is 1. The number of hydrogen-bond donors (Lipinski definition) is 1. The summed E-state index contributed by atoms with van der Waals surface area (Å²) in [5, 5.41) is 0. The van der Waals surface area contributed by atoms with Crippen LogP contribution in [0.1, 0.15) is 31.9 Å². The Labute approximate surface area is 115 Å². The molecule has 2 N–H and O–H groups in total. The monoisotopic (exact) mass is 260 g/mol. The summed E-state index contributed by atoms with van der Waals surface area (Å²) < 4.78 is 0. The molecule has 3 heterocycles. The number of pyridine rings is 1. The number of nitrogens with zero attached hydrogens (tertiary/aromatic N) is 3. The van der Waals surface area contributed by atoms with Crippen LogP contribution in [-0.2, 0) is 6.54 Å². The Balaban J connectivity index is 1.67. The number of piperidine rings is 1. The largest absolute Gasteiger partial charge is 0.399 e. The van der Waals surface area contributed by atoms with Gasteiger partial charge in [-0.25, -0.2) is 0 Å². The molecule has 1 aromatic heterocycles. The molecular weight excluding hydrogens is 236 g/mol. The number of nitrogens with two attached hydrogens (primary N) is 1. The first kappa shape index (κ1) is 12.9. The lowest BCUT2D eigenvalue weighted by Crippen LogP contribution is -2.58. The van der Waals surface area contributed by atoms with Crippen molar-refractivity contribution in [1.29, 1.82) is 0 Å². The smallest absolute Gasteiger partial charge is 0.0564 e. The van der Waals surface area contributed by atoms with E-state index in [1.54, 1.807) is 0 Å². The summed E-state index contributed by atoms with van der Waals surface area (Å²) in [5.41, 5.74) is 7.75. The van der Waals surface area contributed by atoms with Crippen LogP contribution >= 0.6 is 0 Å². The number of aromatic nitrogens is 1. The lowest BCUT2D eigenvalue weighted by molar-refractivity contribution is 0.0105. The topological polar surface area (TPSA) is 45.4 Å². The van der Waals surface area contributed by atoms with Crippen molar-refractivity contribution in [3.05, 3.63) is 24.0 Å². The predicted octanol–water partition coefficient (Wildman–Crippen LogP) is 1.72. The molecule has 2 unspecified atom stereocenters. The molecule has 2 aliphatic heterocycles. The minimum Gasteiger partial charge on any atom is -0.399 e. The molecule has 104 valence electrons. The van der Waals surface area contributed by atoms with Crippen molar-refractivity contribution >= 4 is 5.69 Å². The molecule has 0 amide bonds. The van der Waals surface area contributed by atoms with Crippen LogP contribution in [0.25, 0.3) is 0 Å². The summed E-state index contributed by atoms with van der Waals surface area (Å²) >= 11 is 0. The molecule has 2 fully saturated rings. The molecule has 0 bridgehead atoms. The van der Waals surface area contributed by atoms with E-state index in [2.05, 4.69) is 21.7 Å². The van der Waals surface area contributed by atoms with Gasteiger partial charge in [-0.2, -0.15) is 0 Å². The zero-order valence-electron chi connectivity index (χ0n) is 11.8. The molecular formula is C15H24N4. The van der Waals surface area contributed by atoms with Gasteiger partial charge in [-0.05, 0) is 38.4 Å². The van der Waals surface area contributed by atoms with E-state index >= 15 is 0 Å². The quantitative estimate of drug-likeness (QED) is 0.879. The molecule has 19 heavy (non-hydrogen) atoms. The maximum absolute atomic E-state index is 5.84. The third-order valence-electron chi connectivity index (χ3n) is 4.52. The minimum atomic E-state index is 0.609. The highest BCUT2D eigenvalue weighted by Crippen LogP contribution is 2.25. The SMILES string of the molecule is CC1CN2CCCCC2CN1Cc1cc(N)ccn1. The summed E-state index contributed by atoms with van der Waals surface area (Å²) in [7, 11) is 0. The van der Waals surface area contributed by atoms with Crippen molar-refractivity contribution in [2.75, 3.05) is 25.4 Å². The molecule has 0 radical (unpaired) electrons. The van der Waals surface area contributed by atoms with Gasteiger partial charge in [-0.15, -0.1) is 0 Å². The van der Waals surface area contributed by atoms with Crippen molar-refractivity contribution < 1.29 is 0 Å². The second-order valence-corrected chi connectivity index (χ2v) is 6.00. The molecule has 0 spiro atoms. The van der Waals surface area contributed by atoms with Gasteiger partial charge >= 0.3 is 0 Å². The number of hydrogen-bond acceptors (Lipinski definition) is 4. The Hall–Kier alpha value is -1.13. The Morgan fingerprint density at radius 1 is 1.37 bits per heavy atom. The van der Waals surface area contributed by atoms with E-state index in [1.165, 1.54) is 38.9 Å². The lowest BCUT2D eigenvalue weighted by atomic mass is 9.97. The molecule has 4 heteroatoms. The fourth-order valence-electron chi connectivity index (χ4n) is 3.42. The highest BCUT2D eigenvalue weighted by atomic mass is 15.3. The second-order valence-electron chi connectivity index (χ2n) is 6.00. The standard InChI is InChI=1S/C15H24N4/c1-12-9-18-7-3-2-4-15(18)11-19(12)10-14-8-13(16)5-6-17-14/h5-6,8,12,15H,2-4,7,9-11H2,1H3,(H2,16,17). The van der Waals surface area contributed by atoms with Gasteiger partial charge in [0.05, 0.1) is 5.69 Å². The van der Waals surface area contributed by atoms with E-state index in [1.807, 2.05) is 18.3 Å². The molecule has 2 saturated heterocycles. The number of anilines is 1. The predicted molar refractivity (Wildman–Crippen MR) is 77.7 cm³/mol. The van der Waals surface area contributed by atoms with Gasteiger partial charge in [0.2, 0.25) is 0 Å². The van der Waals surface area contributed by atoms with Gasteiger partial charge < -0.3 is 5.73 Å². The molecule has 0 aromatic carbocycles. The summed E-state index contributed by atoms with van der Waals surface area (Å²) in [6.45, 7) is 6.93. The lowest BCUT2D eigenvalue weighted by Gasteiger charge is -2.47. The molecule has 0 aliphatic carbocycles. The highest BCUT2D eigenvalue weighted by Gasteiger charge is 2.32. The van der Waals surface area contributed by atoms with Crippen molar-refractivity contribution in [2.45, 2.75) is 44.8 Å². The first-order valence-electron chi connectivity index (χ1n) is 7.41. The van der Waals surface area contributed by atoms with Crippen molar-refractivity contribution in [1.82, 2.24) is 14.8 Å². The first-order valence-corrected chi connectivity index (χ1v) is 7.41. The van der Waals surface area contributed by atoms with Crippen LogP contribution in [0, 0.1) is 0 Å². The fourth-order valence-corrected chi connectivity index (χ4v) is 3.42. The van der Waals surface area contributed by atoms with Crippen LogP contribution in [0.15, 0.2) is 18.3 Å². The summed E-state index contributed by atoms with van der Waals surface area (Å²) in [4.78, 5) is 9.68. The van der Waals surface area contributed by atoms with Gasteiger partial charge in [-0.1, -0.05) is 6.42 Å². The average Bonchev–Trinajstić information content (AvgIpc) is 2.40. The van der Waals surface area contributed by atoms with E-state index in [0.717, 1.165) is 24.0 Å². The van der Waals surface area contributed by atoms with Gasteiger partial charge in [0, 0.05) is 43.6 Å². The van der Waals surface area contributed by atoms with E-state index in [9.17, 15) is 0 Å². The van der Waals surface area contributed by atoms with Crippen LogP contribution in [0.5, 0.6) is 0 Å².